The Morgan fingerprint density at radius 3 is 2.46 bits per heavy atom. The Bertz CT molecular complexity index is 727. The third-order valence-corrected chi connectivity index (χ3v) is 6.53. The molecule has 2 bridgehead atoms. The number of carbonyl (C=O) groups excluding carboxylic acids is 2. The normalized spacial score (nSPS) is 30.5. The fourth-order valence-corrected chi connectivity index (χ4v) is 5.23. The molecule has 3 fully saturated rings. The summed E-state index contributed by atoms with van der Waals surface area (Å²) in [7, 11) is 0. The predicted octanol–water partition coefficient (Wildman–Crippen LogP) is 2.24. The number of ether oxygens (including phenoxy) is 1. The van der Waals surface area contributed by atoms with Gasteiger partial charge in [0.1, 0.15) is 5.00 Å². The quantitative estimate of drug-likeness (QED) is 0.729. The molecule has 4 atom stereocenters. The van der Waals surface area contributed by atoms with Crippen molar-refractivity contribution in [3.05, 3.63) is 17.0 Å². The molecule has 0 unspecified atom stereocenters. The van der Waals surface area contributed by atoms with Crippen molar-refractivity contribution in [2.24, 2.45) is 11.8 Å². The topological polar surface area (TPSA) is 105 Å². The van der Waals surface area contributed by atoms with Crippen molar-refractivity contribution in [3.63, 3.8) is 0 Å². The number of carbonyl (C=O) groups is 3. The van der Waals surface area contributed by atoms with E-state index in [0.29, 0.717) is 23.4 Å². The van der Waals surface area contributed by atoms with E-state index in [4.69, 9.17) is 4.74 Å². The molecule has 2 saturated heterocycles. The number of fused-ring (bicyclic) bond motifs is 2. The zero-order valence-corrected chi connectivity index (χ0v) is 15.1. The van der Waals surface area contributed by atoms with Crippen LogP contribution < -0.4 is 10.6 Å². The average molecular weight is 378 g/mol. The highest BCUT2D eigenvalue weighted by Crippen LogP contribution is 2.44. The summed E-state index contributed by atoms with van der Waals surface area (Å²) in [5, 5.41) is 17.5. The Hall–Kier alpha value is -1.93. The van der Waals surface area contributed by atoms with E-state index < -0.39 is 17.8 Å². The SMILES string of the molecule is O=C(NC1CCCC1)c1ccsc1NC(=O)[C@H]1[C@@H](C(=O)O)[C@@H]2CC[C@H]1O2. The molecule has 7 nitrogen and oxygen atoms in total. The number of amides is 2. The minimum atomic E-state index is -0.997. The highest BCUT2D eigenvalue weighted by atomic mass is 32.1. The van der Waals surface area contributed by atoms with E-state index in [-0.39, 0.29) is 30.1 Å². The molecule has 8 heteroatoms. The van der Waals surface area contributed by atoms with Crippen LogP contribution in [0.1, 0.15) is 48.9 Å². The monoisotopic (exact) mass is 378 g/mol. The Labute approximate surface area is 155 Å². The van der Waals surface area contributed by atoms with Gasteiger partial charge in [0.25, 0.3) is 5.91 Å². The van der Waals surface area contributed by atoms with E-state index in [0.717, 1.165) is 25.7 Å². The maximum absolute atomic E-state index is 12.8. The van der Waals surface area contributed by atoms with Crippen molar-refractivity contribution < 1.29 is 24.2 Å². The molecular formula is C18H22N2O5S. The van der Waals surface area contributed by atoms with Gasteiger partial charge < -0.3 is 20.5 Å². The lowest BCUT2D eigenvalue weighted by Gasteiger charge is -2.23. The van der Waals surface area contributed by atoms with Crippen molar-refractivity contribution in [1.29, 1.82) is 0 Å². The van der Waals surface area contributed by atoms with Gasteiger partial charge in [-0.15, -0.1) is 11.3 Å². The number of carboxylic acids is 1. The molecule has 0 spiro atoms. The first-order chi connectivity index (χ1) is 12.5. The van der Waals surface area contributed by atoms with Gasteiger partial charge in [-0.25, -0.2) is 0 Å². The van der Waals surface area contributed by atoms with Gasteiger partial charge in [0.2, 0.25) is 5.91 Å². The second kappa shape index (κ2) is 7.00. The summed E-state index contributed by atoms with van der Waals surface area (Å²) in [4.78, 5) is 36.8. The number of aliphatic carboxylic acids is 1. The predicted molar refractivity (Wildman–Crippen MR) is 95.2 cm³/mol. The zero-order chi connectivity index (χ0) is 18.3. The summed E-state index contributed by atoms with van der Waals surface area (Å²) in [5.41, 5.74) is 0.436. The summed E-state index contributed by atoms with van der Waals surface area (Å²) < 4.78 is 5.65. The van der Waals surface area contributed by atoms with Crippen LogP contribution in [-0.4, -0.2) is 41.1 Å². The van der Waals surface area contributed by atoms with Crippen LogP contribution in [0.15, 0.2) is 11.4 Å². The van der Waals surface area contributed by atoms with Crippen molar-refractivity contribution >= 4 is 34.1 Å². The van der Waals surface area contributed by atoms with Gasteiger partial charge in [-0.2, -0.15) is 0 Å². The Balaban J connectivity index is 1.46. The van der Waals surface area contributed by atoms with Crippen LogP contribution in [0.25, 0.3) is 0 Å². The van der Waals surface area contributed by atoms with Crippen LogP contribution in [0.5, 0.6) is 0 Å². The summed E-state index contributed by atoms with van der Waals surface area (Å²) in [6.07, 6.45) is 4.86. The van der Waals surface area contributed by atoms with Crippen LogP contribution in [0, 0.1) is 11.8 Å². The molecule has 1 aromatic rings. The number of carboxylic acid groups (broad SMARTS) is 1. The number of hydrogen-bond acceptors (Lipinski definition) is 5. The number of nitrogens with one attached hydrogen (secondary N) is 2. The summed E-state index contributed by atoms with van der Waals surface area (Å²) in [5.74, 6) is -3.08. The molecule has 1 saturated carbocycles. The van der Waals surface area contributed by atoms with Gasteiger partial charge in [-0.05, 0) is 37.1 Å². The fraction of sp³-hybridized carbons (Fsp3) is 0.611. The van der Waals surface area contributed by atoms with Crippen LogP contribution in [0.3, 0.4) is 0 Å². The number of rotatable bonds is 5. The first-order valence-corrected chi connectivity index (χ1v) is 10.00. The van der Waals surface area contributed by atoms with Crippen LogP contribution in [-0.2, 0) is 14.3 Å². The maximum atomic E-state index is 12.8. The molecule has 0 aromatic carbocycles. The molecule has 4 rings (SSSR count). The first-order valence-electron chi connectivity index (χ1n) is 9.12. The Kier molecular flexibility index (Phi) is 4.71. The third-order valence-electron chi connectivity index (χ3n) is 5.70. The van der Waals surface area contributed by atoms with E-state index in [1.54, 1.807) is 11.4 Å². The van der Waals surface area contributed by atoms with Gasteiger partial charge in [0, 0.05) is 6.04 Å². The van der Waals surface area contributed by atoms with Crippen LogP contribution in [0.2, 0.25) is 0 Å². The fourth-order valence-electron chi connectivity index (χ4n) is 4.44. The van der Waals surface area contributed by atoms with E-state index >= 15 is 0 Å². The van der Waals surface area contributed by atoms with E-state index in [1.165, 1.54) is 11.3 Å². The molecule has 1 aliphatic carbocycles. The highest BCUT2D eigenvalue weighted by Gasteiger charge is 2.55. The molecule has 3 aliphatic rings. The van der Waals surface area contributed by atoms with Gasteiger partial charge in [-0.1, -0.05) is 12.8 Å². The Morgan fingerprint density at radius 1 is 1.08 bits per heavy atom. The molecule has 0 radical (unpaired) electrons. The lowest BCUT2D eigenvalue weighted by Crippen LogP contribution is -2.41. The van der Waals surface area contributed by atoms with E-state index in [1.807, 2.05) is 0 Å². The number of thiophene rings is 1. The molecule has 140 valence electrons. The van der Waals surface area contributed by atoms with E-state index in [2.05, 4.69) is 10.6 Å². The summed E-state index contributed by atoms with van der Waals surface area (Å²) >= 11 is 1.27. The van der Waals surface area contributed by atoms with Crippen molar-refractivity contribution in [2.45, 2.75) is 56.8 Å². The minimum absolute atomic E-state index is 0.188. The summed E-state index contributed by atoms with van der Waals surface area (Å²) in [6.45, 7) is 0. The molecule has 3 heterocycles. The Morgan fingerprint density at radius 2 is 1.77 bits per heavy atom. The molecule has 26 heavy (non-hydrogen) atoms. The van der Waals surface area contributed by atoms with Gasteiger partial charge in [-0.3, -0.25) is 14.4 Å². The second-order valence-corrected chi connectivity index (χ2v) is 8.20. The molecule has 2 aliphatic heterocycles. The van der Waals surface area contributed by atoms with Crippen molar-refractivity contribution in [1.82, 2.24) is 5.32 Å². The summed E-state index contributed by atoms with van der Waals surface area (Å²) in [6, 6.07) is 1.89. The van der Waals surface area contributed by atoms with Gasteiger partial charge >= 0.3 is 5.97 Å². The number of anilines is 1. The maximum Gasteiger partial charge on any atom is 0.310 e. The van der Waals surface area contributed by atoms with Crippen LogP contribution >= 0.6 is 11.3 Å². The van der Waals surface area contributed by atoms with E-state index in [9.17, 15) is 19.5 Å². The molecule has 2 amide bonds. The molecule has 1 aromatic heterocycles. The van der Waals surface area contributed by atoms with Crippen molar-refractivity contribution in [3.8, 4) is 0 Å². The lowest BCUT2D eigenvalue weighted by atomic mass is 9.79. The standard InChI is InChI=1S/C18H22N2O5S/c21-15(19-9-3-1-2-4-9)10-7-8-26-17(10)20-16(22)13-11-5-6-12(25-11)14(13)18(23)24/h7-9,11-14H,1-6H2,(H,19,21)(H,20,22)(H,23,24)/t11-,12+,13-,14+/m1/s1. The minimum Gasteiger partial charge on any atom is -0.481 e. The highest BCUT2D eigenvalue weighted by molar-refractivity contribution is 7.14. The zero-order valence-electron chi connectivity index (χ0n) is 14.3. The third kappa shape index (κ3) is 3.12. The van der Waals surface area contributed by atoms with Crippen LogP contribution in [0.4, 0.5) is 5.00 Å². The van der Waals surface area contributed by atoms with Gasteiger partial charge in [0.15, 0.2) is 0 Å². The smallest absolute Gasteiger partial charge is 0.310 e. The van der Waals surface area contributed by atoms with Gasteiger partial charge in [0.05, 0.1) is 29.6 Å². The second-order valence-electron chi connectivity index (χ2n) is 7.29. The molecular weight excluding hydrogens is 356 g/mol. The largest absolute Gasteiger partial charge is 0.481 e. The van der Waals surface area contributed by atoms with Crippen molar-refractivity contribution in [2.75, 3.05) is 5.32 Å². The first kappa shape index (κ1) is 17.5. The average Bonchev–Trinajstić information content (AvgIpc) is 3.37. The number of hydrogen-bond donors (Lipinski definition) is 3. The lowest BCUT2D eigenvalue weighted by molar-refractivity contribution is -0.147. The molecule has 3 N–H and O–H groups in total.